The third kappa shape index (κ3) is 2.59. The molecule has 0 aliphatic heterocycles. The first-order valence-corrected chi connectivity index (χ1v) is 5.69. The summed E-state index contributed by atoms with van der Waals surface area (Å²) in [5.74, 6) is -0.604. The zero-order chi connectivity index (χ0) is 11.8. The van der Waals surface area contributed by atoms with Gasteiger partial charge in [0.25, 0.3) is 0 Å². The van der Waals surface area contributed by atoms with Crippen LogP contribution in [-0.2, 0) is 0 Å². The summed E-state index contributed by atoms with van der Waals surface area (Å²) in [5.41, 5.74) is 6.50. The molecule has 0 amide bonds. The molecular weight excluding hydrogens is 208 g/mol. The van der Waals surface area contributed by atoms with Crippen molar-refractivity contribution in [2.75, 3.05) is 0 Å². The van der Waals surface area contributed by atoms with Crippen LogP contribution in [0.25, 0.3) is 0 Å². The van der Waals surface area contributed by atoms with E-state index >= 15 is 0 Å². The molecule has 1 fully saturated rings. The highest BCUT2D eigenvalue weighted by molar-refractivity contribution is 5.23. The lowest BCUT2D eigenvalue weighted by atomic mass is 9.88. The Kier molecular flexibility index (Phi) is 2.98. The van der Waals surface area contributed by atoms with Crippen LogP contribution in [0.1, 0.15) is 37.7 Å². The Morgan fingerprint density at radius 1 is 1.44 bits per heavy atom. The van der Waals surface area contributed by atoms with Gasteiger partial charge in [0, 0.05) is 11.5 Å². The molecule has 0 heterocycles. The maximum absolute atomic E-state index is 13.6. The summed E-state index contributed by atoms with van der Waals surface area (Å²) in [7, 11) is 0. The first-order valence-electron chi connectivity index (χ1n) is 5.69. The van der Waals surface area contributed by atoms with Gasteiger partial charge in [-0.15, -0.1) is 0 Å². The Labute approximate surface area is 94.7 Å². The molecule has 88 valence electrons. The largest absolute Gasteiger partial charge is 0.325 e. The van der Waals surface area contributed by atoms with Crippen molar-refractivity contribution >= 4 is 0 Å². The van der Waals surface area contributed by atoms with Crippen molar-refractivity contribution in [2.45, 2.75) is 43.8 Å². The van der Waals surface area contributed by atoms with Crippen LogP contribution in [0.4, 0.5) is 8.78 Å². The summed E-state index contributed by atoms with van der Waals surface area (Å²) in [6.45, 7) is 1.52. The molecule has 1 nitrogen and oxygen atoms in total. The maximum Gasteiger partial charge on any atom is 0.123 e. The van der Waals surface area contributed by atoms with Gasteiger partial charge in [-0.25, -0.2) is 8.78 Å². The summed E-state index contributed by atoms with van der Waals surface area (Å²) >= 11 is 0. The van der Waals surface area contributed by atoms with Gasteiger partial charge < -0.3 is 5.73 Å². The molecule has 3 heteroatoms. The van der Waals surface area contributed by atoms with Gasteiger partial charge in [0.05, 0.1) is 0 Å². The summed E-state index contributed by atoms with van der Waals surface area (Å²) in [4.78, 5) is 0. The lowest BCUT2D eigenvalue weighted by Crippen LogP contribution is -2.27. The monoisotopic (exact) mass is 225 g/mol. The molecule has 1 aliphatic rings. The van der Waals surface area contributed by atoms with Crippen molar-refractivity contribution in [2.24, 2.45) is 5.73 Å². The van der Waals surface area contributed by atoms with Crippen molar-refractivity contribution in [3.63, 3.8) is 0 Å². The van der Waals surface area contributed by atoms with Crippen molar-refractivity contribution < 1.29 is 8.78 Å². The van der Waals surface area contributed by atoms with Gasteiger partial charge in [0.1, 0.15) is 12.0 Å². The van der Waals surface area contributed by atoms with Gasteiger partial charge in [-0.1, -0.05) is 12.1 Å². The van der Waals surface area contributed by atoms with E-state index in [0.717, 1.165) is 12.8 Å². The Morgan fingerprint density at radius 3 is 2.62 bits per heavy atom. The van der Waals surface area contributed by atoms with Crippen LogP contribution in [0, 0.1) is 5.82 Å². The number of benzene rings is 1. The van der Waals surface area contributed by atoms with Crippen LogP contribution in [0.15, 0.2) is 24.3 Å². The minimum Gasteiger partial charge on any atom is -0.325 e. The van der Waals surface area contributed by atoms with Crippen LogP contribution >= 0.6 is 0 Å². The standard InChI is InChI=1S/C13H17F2N/c1-9(14)12(8-13(16)5-6-13)10-3-2-4-11(15)7-10/h2-4,7,9,12H,5-6,8,16H2,1H3. The molecule has 2 N–H and O–H groups in total. The molecule has 0 aromatic heterocycles. The molecule has 0 radical (unpaired) electrons. The lowest BCUT2D eigenvalue weighted by Gasteiger charge is -2.22. The van der Waals surface area contributed by atoms with Gasteiger partial charge in [-0.05, 0) is 43.9 Å². The minimum absolute atomic E-state index is 0.211. The van der Waals surface area contributed by atoms with E-state index in [1.807, 2.05) is 0 Å². The van der Waals surface area contributed by atoms with Gasteiger partial charge in [-0.3, -0.25) is 0 Å². The summed E-state index contributed by atoms with van der Waals surface area (Å²) in [6.07, 6.45) is 1.51. The highest BCUT2D eigenvalue weighted by atomic mass is 19.1. The third-order valence-corrected chi connectivity index (χ3v) is 3.35. The van der Waals surface area contributed by atoms with Crippen LogP contribution < -0.4 is 5.73 Å². The molecule has 1 saturated carbocycles. The number of nitrogens with two attached hydrogens (primary N) is 1. The lowest BCUT2D eigenvalue weighted by molar-refractivity contribution is 0.280. The van der Waals surface area contributed by atoms with E-state index in [1.54, 1.807) is 12.1 Å². The molecule has 1 aliphatic carbocycles. The maximum atomic E-state index is 13.6. The fourth-order valence-electron chi connectivity index (χ4n) is 2.09. The Bertz CT molecular complexity index is 372. The van der Waals surface area contributed by atoms with E-state index in [2.05, 4.69) is 0 Å². The summed E-state index contributed by atoms with van der Waals surface area (Å²) in [6, 6.07) is 6.18. The average Bonchev–Trinajstić information content (AvgIpc) is 2.93. The van der Waals surface area contributed by atoms with Gasteiger partial charge in [-0.2, -0.15) is 0 Å². The second-order valence-corrected chi connectivity index (χ2v) is 4.91. The Hall–Kier alpha value is -0.960. The smallest absolute Gasteiger partial charge is 0.123 e. The second kappa shape index (κ2) is 4.13. The predicted octanol–water partition coefficient (Wildman–Crippen LogP) is 3.15. The molecule has 2 atom stereocenters. The van der Waals surface area contributed by atoms with Crippen molar-refractivity contribution in [3.8, 4) is 0 Å². The van der Waals surface area contributed by atoms with Crippen molar-refractivity contribution in [1.29, 1.82) is 0 Å². The minimum atomic E-state index is -0.997. The molecule has 0 saturated heterocycles. The summed E-state index contributed by atoms with van der Waals surface area (Å²) in [5, 5.41) is 0. The van der Waals surface area contributed by atoms with Gasteiger partial charge >= 0.3 is 0 Å². The fourth-order valence-corrected chi connectivity index (χ4v) is 2.09. The predicted molar refractivity (Wildman–Crippen MR) is 60.5 cm³/mol. The Balaban J connectivity index is 2.18. The van der Waals surface area contributed by atoms with E-state index in [1.165, 1.54) is 19.1 Å². The molecular formula is C13H17F2N. The molecule has 1 aromatic rings. The van der Waals surface area contributed by atoms with E-state index in [-0.39, 0.29) is 17.3 Å². The Morgan fingerprint density at radius 2 is 2.12 bits per heavy atom. The van der Waals surface area contributed by atoms with Crippen LogP contribution in [0.3, 0.4) is 0 Å². The van der Waals surface area contributed by atoms with Crippen LogP contribution in [-0.4, -0.2) is 11.7 Å². The molecule has 2 rings (SSSR count). The van der Waals surface area contributed by atoms with E-state index in [0.29, 0.717) is 12.0 Å². The van der Waals surface area contributed by atoms with Gasteiger partial charge in [0.15, 0.2) is 0 Å². The SMILES string of the molecule is CC(F)C(CC1(N)CC1)c1cccc(F)c1. The summed E-state index contributed by atoms with van der Waals surface area (Å²) < 4.78 is 26.6. The zero-order valence-electron chi connectivity index (χ0n) is 9.42. The second-order valence-electron chi connectivity index (χ2n) is 4.91. The van der Waals surface area contributed by atoms with E-state index in [9.17, 15) is 8.78 Å². The van der Waals surface area contributed by atoms with Crippen LogP contribution in [0.5, 0.6) is 0 Å². The molecule has 0 spiro atoms. The first kappa shape index (κ1) is 11.5. The topological polar surface area (TPSA) is 26.0 Å². The fraction of sp³-hybridized carbons (Fsp3) is 0.538. The van der Waals surface area contributed by atoms with Crippen LogP contribution in [0.2, 0.25) is 0 Å². The average molecular weight is 225 g/mol. The number of hydrogen-bond donors (Lipinski definition) is 1. The number of alkyl halides is 1. The number of halogens is 2. The quantitative estimate of drug-likeness (QED) is 0.837. The highest BCUT2D eigenvalue weighted by Gasteiger charge is 2.41. The van der Waals surface area contributed by atoms with Crippen molar-refractivity contribution in [1.82, 2.24) is 0 Å². The molecule has 0 bridgehead atoms. The third-order valence-electron chi connectivity index (χ3n) is 3.35. The van der Waals surface area contributed by atoms with Crippen molar-refractivity contribution in [3.05, 3.63) is 35.6 Å². The number of hydrogen-bond acceptors (Lipinski definition) is 1. The molecule has 2 unspecified atom stereocenters. The first-order chi connectivity index (χ1) is 7.50. The van der Waals surface area contributed by atoms with Gasteiger partial charge in [0.2, 0.25) is 0 Å². The van der Waals surface area contributed by atoms with E-state index in [4.69, 9.17) is 5.73 Å². The highest BCUT2D eigenvalue weighted by Crippen LogP contribution is 2.42. The zero-order valence-corrected chi connectivity index (χ0v) is 9.42. The molecule has 1 aromatic carbocycles. The number of rotatable bonds is 4. The van der Waals surface area contributed by atoms with E-state index < -0.39 is 6.17 Å². The molecule has 16 heavy (non-hydrogen) atoms. The normalized spacial score (nSPS) is 21.5.